The maximum absolute atomic E-state index is 10.3. The highest BCUT2D eigenvalue weighted by Gasteiger charge is 1.98. The summed E-state index contributed by atoms with van der Waals surface area (Å²) in [6, 6.07) is 0. The van der Waals surface area contributed by atoms with Crippen molar-refractivity contribution in [2.24, 2.45) is 5.92 Å². The van der Waals surface area contributed by atoms with Crippen molar-refractivity contribution in [3.63, 3.8) is 0 Å². The number of aliphatic carboxylic acids is 1. The Morgan fingerprint density at radius 2 is 1.39 bits per heavy atom. The first-order valence-electron chi connectivity index (χ1n) is 12.7. The molecule has 0 aliphatic rings. The maximum atomic E-state index is 10.3. The maximum Gasteiger partial charge on any atom is 0.303 e. The number of carbonyl (C=O) groups is 1. The van der Waals surface area contributed by atoms with Crippen molar-refractivity contribution in [2.75, 3.05) is 6.61 Å². The van der Waals surface area contributed by atoms with Gasteiger partial charge in [0.2, 0.25) is 0 Å². The summed E-state index contributed by atoms with van der Waals surface area (Å²) in [7, 11) is 0. The molecule has 0 saturated heterocycles. The predicted molar refractivity (Wildman–Crippen MR) is 137 cm³/mol. The highest BCUT2D eigenvalue weighted by Crippen LogP contribution is 2.10. The molecule has 182 valence electrons. The van der Waals surface area contributed by atoms with Crippen LogP contribution in [0.5, 0.6) is 0 Å². The van der Waals surface area contributed by atoms with Crippen molar-refractivity contribution in [2.45, 2.75) is 124 Å². The molecular formula is C28H52O3. The van der Waals surface area contributed by atoms with Crippen LogP contribution in [0, 0.1) is 5.92 Å². The number of rotatable bonds is 19. The molecule has 0 fully saturated rings. The first-order valence-corrected chi connectivity index (χ1v) is 12.7. The van der Waals surface area contributed by atoms with Gasteiger partial charge in [-0.15, -0.1) is 0 Å². The third kappa shape index (κ3) is 33.5. The van der Waals surface area contributed by atoms with Crippen LogP contribution in [0.2, 0.25) is 0 Å². The van der Waals surface area contributed by atoms with Crippen molar-refractivity contribution in [1.82, 2.24) is 0 Å². The van der Waals surface area contributed by atoms with Gasteiger partial charge in [0.1, 0.15) is 0 Å². The molecule has 0 heterocycles. The first-order chi connectivity index (χ1) is 14.9. The fraction of sp³-hybridized carbons (Fsp3) is 0.750. The van der Waals surface area contributed by atoms with Crippen molar-refractivity contribution in [3.8, 4) is 0 Å². The lowest BCUT2D eigenvalue weighted by Crippen LogP contribution is -1.96. The number of carboxylic acids is 1. The molecule has 2 N–H and O–H groups in total. The first kappa shape index (κ1) is 31.8. The van der Waals surface area contributed by atoms with E-state index in [1.54, 1.807) is 0 Å². The summed E-state index contributed by atoms with van der Waals surface area (Å²) in [6.07, 6.45) is 27.8. The van der Waals surface area contributed by atoms with Crippen LogP contribution in [0.15, 0.2) is 36.0 Å². The quantitative estimate of drug-likeness (QED) is 0.157. The van der Waals surface area contributed by atoms with E-state index in [0.717, 1.165) is 38.5 Å². The molecule has 0 spiro atoms. The standard InChI is InChI=1S/C18H32O2.C10H20O/c1-2-3-4-5-6-7-8-9-10-11-12-13-14-15-16-17-18(19)20;1-9(2)5-4-6-10(3)7-8-11/h6-7,9-10H,2-5,8,11-17H2,1H3,(H,19,20);5,10-11H,4,6-8H2,1-3H3/b7-6-,10-9-;. The van der Waals surface area contributed by atoms with Crippen LogP contribution in [-0.4, -0.2) is 22.8 Å². The predicted octanol–water partition coefficient (Wildman–Crippen LogP) is 8.64. The molecule has 0 saturated carbocycles. The van der Waals surface area contributed by atoms with Gasteiger partial charge in [0, 0.05) is 13.0 Å². The zero-order valence-corrected chi connectivity index (χ0v) is 21.1. The summed E-state index contributed by atoms with van der Waals surface area (Å²) in [4.78, 5) is 10.3. The molecule has 0 rings (SSSR count). The fourth-order valence-corrected chi connectivity index (χ4v) is 3.11. The third-order valence-electron chi connectivity index (χ3n) is 5.18. The zero-order valence-electron chi connectivity index (χ0n) is 21.1. The molecule has 0 bridgehead atoms. The number of aliphatic hydroxyl groups excluding tert-OH is 1. The number of unbranched alkanes of at least 4 members (excludes halogenated alkanes) is 8. The minimum Gasteiger partial charge on any atom is -0.481 e. The van der Waals surface area contributed by atoms with Crippen LogP contribution >= 0.6 is 0 Å². The number of hydrogen-bond acceptors (Lipinski definition) is 2. The van der Waals surface area contributed by atoms with Gasteiger partial charge in [-0.1, -0.05) is 81.9 Å². The van der Waals surface area contributed by atoms with Crippen LogP contribution in [0.1, 0.15) is 124 Å². The van der Waals surface area contributed by atoms with Crippen LogP contribution < -0.4 is 0 Å². The van der Waals surface area contributed by atoms with Crippen molar-refractivity contribution < 1.29 is 15.0 Å². The monoisotopic (exact) mass is 436 g/mol. The highest BCUT2D eigenvalue weighted by molar-refractivity contribution is 5.66. The molecule has 3 heteroatoms. The Labute approximate surface area is 193 Å². The van der Waals surface area contributed by atoms with Gasteiger partial charge in [0.05, 0.1) is 0 Å². The van der Waals surface area contributed by atoms with E-state index >= 15 is 0 Å². The molecule has 31 heavy (non-hydrogen) atoms. The van der Waals surface area contributed by atoms with Crippen LogP contribution in [0.4, 0.5) is 0 Å². The Kier molecular flexibility index (Phi) is 27.4. The lowest BCUT2D eigenvalue weighted by molar-refractivity contribution is -0.137. The van der Waals surface area contributed by atoms with E-state index in [-0.39, 0.29) is 0 Å². The molecule has 0 aromatic carbocycles. The molecule has 0 amide bonds. The summed E-state index contributed by atoms with van der Waals surface area (Å²) in [5, 5.41) is 17.1. The Bertz CT molecular complexity index is 459. The Balaban J connectivity index is 0. The molecule has 0 aliphatic carbocycles. The topological polar surface area (TPSA) is 57.5 Å². The Morgan fingerprint density at radius 3 is 1.94 bits per heavy atom. The number of carboxylic acid groups (broad SMARTS) is 1. The van der Waals surface area contributed by atoms with E-state index in [9.17, 15) is 4.79 Å². The molecule has 0 aromatic rings. The molecule has 1 atom stereocenters. The molecule has 0 aliphatic heterocycles. The molecule has 0 aromatic heterocycles. The van der Waals surface area contributed by atoms with E-state index in [0.29, 0.717) is 18.9 Å². The van der Waals surface area contributed by atoms with Gasteiger partial charge in [0.15, 0.2) is 0 Å². The second kappa shape index (κ2) is 26.7. The van der Waals surface area contributed by atoms with Gasteiger partial charge in [-0.25, -0.2) is 0 Å². The van der Waals surface area contributed by atoms with Gasteiger partial charge in [-0.2, -0.15) is 0 Å². The van der Waals surface area contributed by atoms with Crippen molar-refractivity contribution >= 4 is 5.97 Å². The zero-order chi connectivity index (χ0) is 23.6. The van der Waals surface area contributed by atoms with Gasteiger partial charge in [0.25, 0.3) is 0 Å². The lowest BCUT2D eigenvalue weighted by Gasteiger charge is -2.06. The average Bonchev–Trinajstić information content (AvgIpc) is 2.71. The highest BCUT2D eigenvalue weighted by atomic mass is 16.4. The van der Waals surface area contributed by atoms with E-state index < -0.39 is 5.97 Å². The third-order valence-corrected chi connectivity index (χ3v) is 5.18. The van der Waals surface area contributed by atoms with Gasteiger partial charge in [-0.05, 0) is 77.6 Å². The summed E-state index contributed by atoms with van der Waals surface area (Å²) in [5.74, 6) is -0.00807. The largest absolute Gasteiger partial charge is 0.481 e. The van der Waals surface area contributed by atoms with Gasteiger partial charge < -0.3 is 10.2 Å². The normalized spacial score (nSPS) is 12.0. The van der Waals surface area contributed by atoms with E-state index in [2.05, 4.69) is 58.1 Å². The minimum absolute atomic E-state index is 0.324. The van der Waals surface area contributed by atoms with Crippen LogP contribution in [0.3, 0.4) is 0 Å². The van der Waals surface area contributed by atoms with E-state index in [4.69, 9.17) is 10.2 Å². The van der Waals surface area contributed by atoms with E-state index in [1.807, 2.05) is 0 Å². The molecule has 1 unspecified atom stereocenters. The van der Waals surface area contributed by atoms with Crippen LogP contribution in [0.25, 0.3) is 0 Å². The summed E-state index contributed by atoms with van der Waals surface area (Å²) < 4.78 is 0. The SMILES string of the molecule is CC(C)=CCCC(C)CCO.CCCCC/C=C\C/C=C\CCCCCCCC(=O)O. The lowest BCUT2D eigenvalue weighted by atomic mass is 10.0. The number of allylic oxidation sites excluding steroid dienone is 6. The minimum atomic E-state index is -0.671. The second-order valence-electron chi connectivity index (χ2n) is 8.85. The fourth-order valence-electron chi connectivity index (χ4n) is 3.11. The summed E-state index contributed by atoms with van der Waals surface area (Å²) >= 11 is 0. The smallest absolute Gasteiger partial charge is 0.303 e. The Morgan fingerprint density at radius 1 is 0.806 bits per heavy atom. The number of hydrogen-bond donors (Lipinski definition) is 2. The van der Waals surface area contributed by atoms with E-state index in [1.165, 1.54) is 56.9 Å². The molecular weight excluding hydrogens is 384 g/mol. The second-order valence-corrected chi connectivity index (χ2v) is 8.85. The van der Waals surface area contributed by atoms with Gasteiger partial charge >= 0.3 is 5.97 Å². The Hall–Kier alpha value is -1.35. The molecule has 3 nitrogen and oxygen atoms in total. The summed E-state index contributed by atoms with van der Waals surface area (Å²) in [5.41, 5.74) is 1.39. The van der Waals surface area contributed by atoms with Crippen molar-refractivity contribution in [1.29, 1.82) is 0 Å². The van der Waals surface area contributed by atoms with Crippen molar-refractivity contribution in [3.05, 3.63) is 36.0 Å². The average molecular weight is 437 g/mol. The van der Waals surface area contributed by atoms with Gasteiger partial charge in [-0.3, -0.25) is 4.79 Å². The summed E-state index contributed by atoms with van der Waals surface area (Å²) in [6.45, 7) is 9.00. The van der Waals surface area contributed by atoms with Crippen LogP contribution in [-0.2, 0) is 4.79 Å². The number of aliphatic hydroxyl groups is 1. The molecule has 0 radical (unpaired) electrons.